The summed E-state index contributed by atoms with van der Waals surface area (Å²) in [5.74, 6) is 2.12. The molecule has 0 aromatic heterocycles. The Morgan fingerprint density at radius 1 is 1.19 bits per heavy atom. The highest BCUT2D eigenvalue weighted by molar-refractivity contribution is 6.31. The Kier molecular flexibility index (Phi) is 3.45. The second-order valence-corrected chi connectivity index (χ2v) is 4.68. The predicted molar refractivity (Wildman–Crippen MR) is 76.6 cm³/mol. The SMILES string of the molecule is NC(=NO)c1cc(Cl)ccc1Oc1ccc2c(c1)OCO2. The maximum Gasteiger partial charge on any atom is 0.231 e. The van der Waals surface area contributed by atoms with Gasteiger partial charge in [0.2, 0.25) is 6.79 Å². The highest BCUT2D eigenvalue weighted by atomic mass is 35.5. The summed E-state index contributed by atoms with van der Waals surface area (Å²) in [6.45, 7) is 0.190. The molecule has 0 amide bonds. The topological polar surface area (TPSA) is 86.3 Å². The van der Waals surface area contributed by atoms with Crippen molar-refractivity contribution in [2.45, 2.75) is 0 Å². The van der Waals surface area contributed by atoms with Crippen molar-refractivity contribution < 1.29 is 19.4 Å². The van der Waals surface area contributed by atoms with Crippen molar-refractivity contribution >= 4 is 17.4 Å². The van der Waals surface area contributed by atoms with Crippen molar-refractivity contribution in [3.63, 3.8) is 0 Å². The maximum atomic E-state index is 8.82. The van der Waals surface area contributed by atoms with Gasteiger partial charge in [-0.05, 0) is 30.3 Å². The van der Waals surface area contributed by atoms with Crippen LogP contribution in [0.4, 0.5) is 0 Å². The molecule has 0 saturated carbocycles. The van der Waals surface area contributed by atoms with Crippen LogP contribution in [0, 0.1) is 0 Å². The Labute approximate surface area is 125 Å². The second kappa shape index (κ2) is 5.41. The molecule has 0 atom stereocenters. The fraction of sp³-hybridized carbons (Fsp3) is 0.0714. The van der Waals surface area contributed by atoms with E-state index in [1.54, 1.807) is 36.4 Å². The van der Waals surface area contributed by atoms with Crippen LogP contribution in [-0.4, -0.2) is 17.8 Å². The number of nitrogens with two attached hydrogens (primary N) is 1. The van der Waals surface area contributed by atoms with Crippen LogP contribution in [0.5, 0.6) is 23.0 Å². The monoisotopic (exact) mass is 306 g/mol. The number of rotatable bonds is 3. The van der Waals surface area contributed by atoms with Gasteiger partial charge in [-0.1, -0.05) is 16.8 Å². The third-order valence-electron chi connectivity index (χ3n) is 2.90. The number of hydrogen-bond donors (Lipinski definition) is 2. The second-order valence-electron chi connectivity index (χ2n) is 4.24. The van der Waals surface area contributed by atoms with Gasteiger partial charge < -0.3 is 25.2 Å². The predicted octanol–water partition coefficient (Wildman–Crippen LogP) is 2.96. The molecule has 1 aliphatic rings. The summed E-state index contributed by atoms with van der Waals surface area (Å²) >= 11 is 5.91. The van der Waals surface area contributed by atoms with Gasteiger partial charge in [-0.25, -0.2) is 0 Å². The highest BCUT2D eigenvalue weighted by Crippen LogP contribution is 2.37. The third-order valence-corrected chi connectivity index (χ3v) is 3.13. The molecule has 0 fully saturated rings. The third kappa shape index (κ3) is 2.66. The maximum absolute atomic E-state index is 8.82. The van der Waals surface area contributed by atoms with Gasteiger partial charge in [0.25, 0.3) is 0 Å². The van der Waals surface area contributed by atoms with Crippen LogP contribution in [0.2, 0.25) is 5.02 Å². The minimum atomic E-state index is -0.0896. The lowest BCUT2D eigenvalue weighted by atomic mass is 10.2. The van der Waals surface area contributed by atoms with Gasteiger partial charge in [-0.2, -0.15) is 0 Å². The first-order valence-corrected chi connectivity index (χ1v) is 6.40. The summed E-state index contributed by atoms with van der Waals surface area (Å²) in [5, 5.41) is 12.2. The molecule has 0 unspecified atom stereocenters. The van der Waals surface area contributed by atoms with Crippen LogP contribution in [0.15, 0.2) is 41.6 Å². The fourth-order valence-corrected chi connectivity index (χ4v) is 2.08. The number of hydrogen-bond acceptors (Lipinski definition) is 5. The number of ether oxygens (including phenoxy) is 3. The molecule has 1 aliphatic heterocycles. The molecule has 1 heterocycles. The lowest BCUT2D eigenvalue weighted by molar-refractivity contribution is 0.174. The van der Waals surface area contributed by atoms with Crippen LogP contribution in [0.25, 0.3) is 0 Å². The Morgan fingerprint density at radius 3 is 2.81 bits per heavy atom. The van der Waals surface area contributed by atoms with Gasteiger partial charge in [0.15, 0.2) is 17.3 Å². The van der Waals surface area contributed by atoms with Crippen molar-refractivity contribution in [1.29, 1.82) is 0 Å². The Balaban J connectivity index is 1.94. The van der Waals surface area contributed by atoms with Crippen LogP contribution in [0.1, 0.15) is 5.56 Å². The summed E-state index contributed by atoms with van der Waals surface area (Å²) in [4.78, 5) is 0. The largest absolute Gasteiger partial charge is 0.456 e. The van der Waals surface area contributed by atoms with Gasteiger partial charge >= 0.3 is 0 Å². The molecule has 7 heteroatoms. The quantitative estimate of drug-likeness (QED) is 0.394. The molecule has 0 bridgehead atoms. The fourth-order valence-electron chi connectivity index (χ4n) is 1.91. The molecule has 21 heavy (non-hydrogen) atoms. The first-order chi connectivity index (χ1) is 10.2. The zero-order chi connectivity index (χ0) is 14.8. The van der Waals surface area contributed by atoms with E-state index >= 15 is 0 Å². The Bertz CT molecular complexity index is 718. The van der Waals surface area contributed by atoms with Gasteiger partial charge in [0.05, 0.1) is 5.56 Å². The standard InChI is InChI=1S/C14H11ClN2O4/c15-8-1-3-11(10(5-8)14(16)17-18)21-9-2-4-12-13(6-9)20-7-19-12/h1-6,18H,7H2,(H2,16,17). The molecule has 3 rings (SSSR count). The summed E-state index contributed by atoms with van der Waals surface area (Å²) < 4.78 is 16.3. The normalized spacial score (nSPS) is 13.3. The number of amidine groups is 1. The van der Waals surface area contributed by atoms with Crippen molar-refractivity contribution in [3.8, 4) is 23.0 Å². The molecule has 0 spiro atoms. The zero-order valence-electron chi connectivity index (χ0n) is 10.7. The van der Waals surface area contributed by atoms with Crippen LogP contribution < -0.4 is 19.9 Å². The Morgan fingerprint density at radius 2 is 2.00 bits per heavy atom. The summed E-state index contributed by atoms with van der Waals surface area (Å²) in [6.07, 6.45) is 0. The van der Waals surface area contributed by atoms with E-state index in [2.05, 4.69) is 5.16 Å². The highest BCUT2D eigenvalue weighted by Gasteiger charge is 2.15. The summed E-state index contributed by atoms with van der Waals surface area (Å²) in [5.41, 5.74) is 6.02. The van der Waals surface area contributed by atoms with Gasteiger partial charge in [-0.3, -0.25) is 0 Å². The molecule has 2 aromatic carbocycles. The first kappa shape index (κ1) is 13.4. The molecule has 2 aromatic rings. The molecule has 0 radical (unpaired) electrons. The molecular weight excluding hydrogens is 296 g/mol. The van der Waals surface area contributed by atoms with E-state index in [0.717, 1.165) is 0 Å². The van der Waals surface area contributed by atoms with E-state index in [1.165, 1.54) is 0 Å². The number of fused-ring (bicyclic) bond motifs is 1. The van der Waals surface area contributed by atoms with Crippen molar-refractivity contribution in [3.05, 3.63) is 47.0 Å². The zero-order valence-corrected chi connectivity index (χ0v) is 11.5. The molecule has 6 nitrogen and oxygen atoms in total. The van der Waals surface area contributed by atoms with Crippen molar-refractivity contribution in [1.82, 2.24) is 0 Å². The van der Waals surface area contributed by atoms with E-state index in [1.807, 2.05) is 0 Å². The average molecular weight is 307 g/mol. The van der Waals surface area contributed by atoms with Crippen LogP contribution in [-0.2, 0) is 0 Å². The van der Waals surface area contributed by atoms with E-state index in [0.29, 0.717) is 33.6 Å². The first-order valence-electron chi connectivity index (χ1n) is 6.02. The molecule has 0 aliphatic carbocycles. The number of nitrogens with zero attached hydrogens (tertiary/aromatic N) is 1. The lowest BCUT2D eigenvalue weighted by Gasteiger charge is -2.11. The minimum absolute atomic E-state index is 0.0896. The smallest absolute Gasteiger partial charge is 0.231 e. The van der Waals surface area contributed by atoms with Gasteiger partial charge in [-0.15, -0.1) is 0 Å². The van der Waals surface area contributed by atoms with Crippen LogP contribution in [0.3, 0.4) is 0 Å². The van der Waals surface area contributed by atoms with Gasteiger partial charge in [0.1, 0.15) is 11.5 Å². The summed E-state index contributed by atoms with van der Waals surface area (Å²) in [6, 6.07) is 10.0. The van der Waals surface area contributed by atoms with Crippen molar-refractivity contribution in [2.24, 2.45) is 10.9 Å². The van der Waals surface area contributed by atoms with Gasteiger partial charge in [0, 0.05) is 11.1 Å². The van der Waals surface area contributed by atoms with E-state index in [4.69, 9.17) is 36.8 Å². The van der Waals surface area contributed by atoms with E-state index in [-0.39, 0.29) is 12.6 Å². The molecule has 0 saturated heterocycles. The average Bonchev–Trinajstić information content (AvgIpc) is 2.96. The number of benzene rings is 2. The van der Waals surface area contributed by atoms with Crippen LogP contribution >= 0.6 is 11.6 Å². The lowest BCUT2D eigenvalue weighted by Crippen LogP contribution is -2.14. The molecule has 108 valence electrons. The summed E-state index contributed by atoms with van der Waals surface area (Å²) in [7, 11) is 0. The number of halogens is 1. The van der Waals surface area contributed by atoms with E-state index in [9.17, 15) is 0 Å². The Hall–Kier alpha value is -2.60. The van der Waals surface area contributed by atoms with E-state index < -0.39 is 0 Å². The van der Waals surface area contributed by atoms with Crippen molar-refractivity contribution in [2.75, 3.05) is 6.79 Å². The molecular formula is C14H11ClN2O4. The molecule has 3 N–H and O–H groups in total. The minimum Gasteiger partial charge on any atom is -0.456 e. The number of oxime groups is 1.